The fourth-order valence-electron chi connectivity index (χ4n) is 3.71. The zero-order valence-corrected chi connectivity index (χ0v) is 21.9. The van der Waals surface area contributed by atoms with Gasteiger partial charge in [-0.2, -0.15) is 0 Å². The van der Waals surface area contributed by atoms with E-state index in [0.29, 0.717) is 32.3 Å². The van der Waals surface area contributed by atoms with Crippen LogP contribution in [0.25, 0.3) is 27.6 Å². The monoisotopic (exact) mass is 558 g/mol. The molecule has 4 aromatic rings. The summed E-state index contributed by atoms with van der Waals surface area (Å²) in [4.78, 5) is 19.2. The van der Waals surface area contributed by atoms with E-state index in [4.69, 9.17) is 44.6 Å². The maximum Gasteiger partial charge on any atom is 0.250 e. The molecule has 3 heterocycles. The van der Waals surface area contributed by atoms with E-state index in [1.54, 1.807) is 30.3 Å². The van der Waals surface area contributed by atoms with Crippen molar-refractivity contribution in [3.8, 4) is 11.3 Å². The summed E-state index contributed by atoms with van der Waals surface area (Å²) >= 11 is 19.1. The van der Waals surface area contributed by atoms with Crippen LogP contribution in [0, 0.1) is 0 Å². The van der Waals surface area contributed by atoms with Gasteiger partial charge in [-0.1, -0.05) is 40.6 Å². The van der Waals surface area contributed by atoms with Crippen molar-refractivity contribution in [2.45, 2.75) is 0 Å². The summed E-state index contributed by atoms with van der Waals surface area (Å²) in [5.74, 6) is 0.631. The van der Waals surface area contributed by atoms with Crippen molar-refractivity contribution in [3.63, 3.8) is 0 Å². The molecule has 5 rings (SSSR count). The number of hydrogen-bond donors (Lipinski definition) is 2. The smallest absolute Gasteiger partial charge is 0.250 e. The molecule has 1 aliphatic rings. The number of carbonyl (C=O) groups is 1. The number of thiazole rings is 1. The number of anilines is 2. The summed E-state index contributed by atoms with van der Waals surface area (Å²) in [5.41, 5.74) is 2.68. The van der Waals surface area contributed by atoms with Gasteiger partial charge in [-0.05, 0) is 60.8 Å². The van der Waals surface area contributed by atoms with Crippen LogP contribution in [0.1, 0.15) is 5.76 Å². The van der Waals surface area contributed by atoms with Gasteiger partial charge >= 0.3 is 0 Å². The molecule has 0 bridgehead atoms. The molecular weight excluding hydrogens is 539 g/mol. The highest BCUT2D eigenvalue weighted by Crippen LogP contribution is 2.34. The third-order valence-electron chi connectivity index (χ3n) is 5.45. The number of aromatic nitrogens is 1. The molecule has 11 heteroatoms. The maximum absolute atomic E-state index is 12.3. The van der Waals surface area contributed by atoms with Crippen LogP contribution in [0.2, 0.25) is 10.0 Å². The number of hydrogen-bond acceptors (Lipinski definition) is 7. The first-order valence-electron chi connectivity index (χ1n) is 11.0. The van der Waals surface area contributed by atoms with Crippen molar-refractivity contribution < 1.29 is 13.9 Å². The Bertz CT molecular complexity index is 1460. The first-order chi connectivity index (χ1) is 17.5. The second-order valence-electron chi connectivity index (χ2n) is 7.85. The average Bonchev–Trinajstić information content (AvgIpc) is 3.51. The Morgan fingerprint density at radius 3 is 2.81 bits per heavy atom. The first-order valence-corrected chi connectivity index (χ1v) is 13.0. The van der Waals surface area contributed by atoms with Crippen LogP contribution in [0.15, 0.2) is 59.0 Å². The number of halogens is 2. The van der Waals surface area contributed by atoms with Gasteiger partial charge in [0.25, 0.3) is 0 Å². The first kappa shape index (κ1) is 24.7. The van der Waals surface area contributed by atoms with Gasteiger partial charge in [0, 0.05) is 30.4 Å². The van der Waals surface area contributed by atoms with E-state index in [-0.39, 0.29) is 5.11 Å². The van der Waals surface area contributed by atoms with Crippen molar-refractivity contribution in [3.05, 3.63) is 70.4 Å². The summed E-state index contributed by atoms with van der Waals surface area (Å²) in [6.45, 7) is 3.19. The molecule has 2 N–H and O–H groups in total. The quantitative estimate of drug-likeness (QED) is 0.222. The Hall–Kier alpha value is -2.95. The number of furan rings is 1. The lowest BCUT2D eigenvalue weighted by molar-refractivity contribution is -0.115. The van der Waals surface area contributed by atoms with Gasteiger partial charge in [0.15, 0.2) is 10.2 Å². The zero-order chi connectivity index (χ0) is 25.1. The van der Waals surface area contributed by atoms with E-state index in [2.05, 4.69) is 32.7 Å². The van der Waals surface area contributed by atoms with E-state index in [1.807, 2.05) is 12.1 Å². The molecule has 0 unspecified atom stereocenters. The fraction of sp³-hybridized carbons (Fsp3) is 0.160. The number of amides is 1. The summed E-state index contributed by atoms with van der Waals surface area (Å²) in [6, 6.07) is 15.0. The molecule has 1 fully saturated rings. The van der Waals surface area contributed by atoms with E-state index >= 15 is 0 Å². The summed E-state index contributed by atoms with van der Waals surface area (Å²) in [5, 5.41) is 7.21. The van der Waals surface area contributed by atoms with Crippen molar-refractivity contribution >= 4 is 84.9 Å². The van der Waals surface area contributed by atoms with Crippen LogP contribution in [-0.2, 0) is 9.53 Å². The minimum absolute atomic E-state index is 0.156. The van der Waals surface area contributed by atoms with Crippen LogP contribution in [-0.4, -0.2) is 42.3 Å². The number of nitrogens with zero attached hydrogens (tertiary/aromatic N) is 2. The van der Waals surface area contributed by atoms with Crippen LogP contribution >= 0.6 is 46.8 Å². The molecule has 184 valence electrons. The van der Waals surface area contributed by atoms with E-state index in [9.17, 15) is 4.79 Å². The molecule has 2 aromatic carbocycles. The SMILES string of the molecule is O=C(C=Cc1ccc(-c2cccc(Cl)c2Cl)o1)NC(=S)Nc1nc2ccc(N3CCOCC3)cc2s1. The second kappa shape index (κ2) is 11.0. The van der Waals surface area contributed by atoms with E-state index < -0.39 is 5.91 Å². The molecular formula is C25H20Cl2N4O3S2. The van der Waals surface area contributed by atoms with Crippen LogP contribution < -0.4 is 15.5 Å². The second-order valence-corrected chi connectivity index (χ2v) is 10.1. The molecule has 7 nitrogen and oxygen atoms in total. The average molecular weight is 560 g/mol. The molecule has 0 saturated carbocycles. The summed E-state index contributed by atoms with van der Waals surface area (Å²) < 4.78 is 12.2. The highest BCUT2D eigenvalue weighted by atomic mass is 35.5. The third kappa shape index (κ3) is 5.71. The molecule has 1 saturated heterocycles. The lowest BCUT2D eigenvalue weighted by Crippen LogP contribution is -2.36. The number of nitrogens with one attached hydrogen (secondary N) is 2. The molecule has 0 aliphatic carbocycles. The Balaban J connectivity index is 1.18. The van der Waals surface area contributed by atoms with Crippen molar-refractivity contribution in [1.82, 2.24) is 10.3 Å². The number of rotatable bonds is 5. The van der Waals surface area contributed by atoms with Gasteiger partial charge in [0.2, 0.25) is 5.91 Å². The van der Waals surface area contributed by atoms with Gasteiger partial charge in [-0.25, -0.2) is 4.98 Å². The molecule has 0 radical (unpaired) electrons. The van der Waals surface area contributed by atoms with Crippen molar-refractivity contribution in [1.29, 1.82) is 0 Å². The lowest BCUT2D eigenvalue weighted by atomic mass is 10.2. The minimum atomic E-state index is -0.401. The molecule has 0 atom stereocenters. The van der Waals surface area contributed by atoms with Gasteiger partial charge in [-0.15, -0.1) is 0 Å². The lowest BCUT2D eigenvalue weighted by Gasteiger charge is -2.28. The molecule has 1 aliphatic heterocycles. The highest BCUT2D eigenvalue weighted by molar-refractivity contribution is 7.80. The van der Waals surface area contributed by atoms with E-state index in [0.717, 1.165) is 42.2 Å². The third-order valence-corrected chi connectivity index (χ3v) is 7.40. The predicted octanol–water partition coefficient (Wildman–Crippen LogP) is 6.23. The maximum atomic E-state index is 12.3. The van der Waals surface area contributed by atoms with Gasteiger partial charge in [-0.3, -0.25) is 10.1 Å². The topological polar surface area (TPSA) is 79.6 Å². The van der Waals surface area contributed by atoms with Crippen molar-refractivity contribution in [2.24, 2.45) is 0 Å². The molecule has 1 amide bonds. The van der Waals surface area contributed by atoms with Crippen molar-refractivity contribution in [2.75, 3.05) is 36.5 Å². The summed E-state index contributed by atoms with van der Waals surface area (Å²) in [7, 11) is 0. The minimum Gasteiger partial charge on any atom is -0.457 e. The largest absolute Gasteiger partial charge is 0.457 e. The molecule has 2 aromatic heterocycles. The number of morpholine rings is 1. The Labute approximate surface area is 226 Å². The van der Waals surface area contributed by atoms with Crippen LogP contribution in [0.5, 0.6) is 0 Å². The Morgan fingerprint density at radius 1 is 1.14 bits per heavy atom. The number of fused-ring (bicyclic) bond motifs is 1. The number of ether oxygens (including phenoxy) is 1. The Kier molecular flexibility index (Phi) is 7.54. The zero-order valence-electron chi connectivity index (χ0n) is 18.8. The standard InChI is InChI=1S/C25H20Cl2N4O3S2/c26-18-3-1-2-17(23(18)27)20-8-5-16(34-20)6-9-22(32)29-24(35)30-25-28-19-7-4-15(14-21(19)36-25)31-10-12-33-13-11-31/h1-9,14H,10-13H2,(H2,28,29,30,32,35). The molecule has 36 heavy (non-hydrogen) atoms. The van der Waals surface area contributed by atoms with E-state index in [1.165, 1.54) is 17.4 Å². The number of thiocarbonyl (C=S) groups is 1. The van der Waals surface area contributed by atoms with Gasteiger partial charge in [0.05, 0.1) is 33.5 Å². The van der Waals surface area contributed by atoms with Crippen LogP contribution in [0.3, 0.4) is 0 Å². The van der Waals surface area contributed by atoms with Gasteiger partial charge < -0.3 is 19.4 Å². The number of benzene rings is 2. The Morgan fingerprint density at radius 2 is 1.97 bits per heavy atom. The van der Waals surface area contributed by atoms with Crippen LogP contribution in [0.4, 0.5) is 10.8 Å². The highest BCUT2D eigenvalue weighted by Gasteiger charge is 2.14. The fourth-order valence-corrected chi connectivity index (χ4v) is 5.26. The normalized spacial score (nSPS) is 13.9. The molecule has 0 spiro atoms. The predicted molar refractivity (Wildman–Crippen MR) is 150 cm³/mol. The summed E-state index contributed by atoms with van der Waals surface area (Å²) in [6.07, 6.45) is 2.88. The number of carbonyl (C=O) groups excluding carboxylic acids is 1. The van der Waals surface area contributed by atoms with Gasteiger partial charge in [0.1, 0.15) is 11.5 Å².